The van der Waals surface area contributed by atoms with Gasteiger partial charge in [0.05, 0.1) is 17.6 Å². The van der Waals surface area contributed by atoms with Crippen molar-refractivity contribution in [2.24, 2.45) is 11.1 Å². The van der Waals surface area contributed by atoms with Crippen LogP contribution in [0.1, 0.15) is 44.0 Å². The Bertz CT molecular complexity index is 1380. The normalized spacial score (nSPS) is 15.4. The van der Waals surface area contributed by atoms with Crippen LogP contribution in [0.5, 0.6) is 0 Å². The molecule has 0 spiro atoms. The van der Waals surface area contributed by atoms with Gasteiger partial charge in [-0.2, -0.15) is 0 Å². The van der Waals surface area contributed by atoms with E-state index in [0.29, 0.717) is 22.8 Å². The largest absolute Gasteiger partial charge is 0.354 e. The molecule has 0 radical (unpaired) electrons. The van der Waals surface area contributed by atoms with Gasteiger partial charge in [0.2, 0.25) is 0 Å². The van der Waals surface area contributed by atoms with E-state index in [0.717, 1.165) is 41.8 Å². The Hall–Kier alpha value is -3.58. The zero-order valence-electron chi connectivity index (χ0n) is 19.1. The summed E-state index contributed by atoms with van der Waals surface area (Å²) in [6.07, 6.45) is 5.91. The third-order valence-electron chi connectivity index (χ3n) is 6.34. The highest BCUT2D eigenvalue weighted by Gasteiger charge is 2.37. The molecule has 1 aliphatic carbocycles. The molecule has 1 saturated carbocycles. The first kappa shape index (κ1) is 21.3. The zero-order valence-corrected chi connectivity index (χ0v) is 19.1. The summed E-state index contributed by atoms with van der Waals surface area (Å²) < 4.78 is 7.43. The van der Waals surface area contributed by atoms with Crippen LogP contribution in [0.25, 0.3) is 34.0 Å². The molecular formula is C26H27N5O2. The maximum absolute atomic E-state index is 12.4. The minimum absolute atomic E-state index is 0.000994. The van der Waals surface area contributed by atoms with Crippen LogP contribution in [0, 0.1) is 12.3 Å². The van der Waals surface area contributed by atoms with Crippen molar-refractivity contribution in [2.45, 2.75) is 46.2 Å². The maximum atomic E-state index is 12.4. The fourth-order valence-electron chi connectivity index (χ4n) is 3.92. The number of hydrogen-bond donors (Lipinski definition) is 1. The summed E-state index contributed by atoms with van der Waals surface area (Å²) in [5.74, 6) is 0.543. The first-order chi connectivity index (χ1) is 15.8. The van der Waals surface area contributed by atoms with Crippen LogP contribution in [0.4, 0.5) is 0 Å². The van der Waals surface area contributed by atoms with Crippen molar-refractivity contribution in [3.63, 3.8) is 0 Å². The lowest BCUT2D eigenvalue weighted by atomic mass is 10.0. The van der Waals surface area contributed by atoms with Gasteiger partial charge in [-0.3, -0.25) is 9.78 Å². The molecule has 7 nitrogen and oxygen atoms in total. The van der Waals surface area contributed by atoms with Crippen LogP contribution in [-0.2, 0) is 6.54 Å². The van der Waals surface area contributed by atoms with Crippen molar-refractivity contribution in [3.05, 3.63) is 76.5 Å². The second kappa shape index (κ2) is 8.08. The van der Waals surface area contributed by atoms with Gasteiger partial charge in [0.25, 0.3) is 5.56 Å². The van der Waals surface area contributed by atoms with Gasteiger partial charge in [0, 0.05) is 42.0 Å². The second-order valence-corrected chi connectivity index (χ2v) is 9.37. The fraction of sp³-hybridized carbons (Fsp3) is 0.308. The highest BCUT2D eigenvalue weighted by molar-refractivity contribution is 5.68. The van der Waals surface area contributed by atoms with Gasteiger partial charge in [0.1, 0.15) is 11.4 Å². The number of hydrogen-bond acceptors (Lipinski definition) is 6. The van der Waals surface area contributed by atoms with Gasteiger partial charge in [-0.1, -0.05) is 30.3 Å². The van der Waals surface area contributed by atoms with Crippen molar-refractivity contribution in [3.8, 4) is 34.0 Å². The molecule has 3 aromatic heterocycles. The summed E-state index contributed by atoms with van der Waals surface area (Å²) >= 11 is 0. The monoisotopic (exact) mass is 441 g/mol. The molecule has 1 atom stereocenters. The zero-order chi connectivity index (χ0) is 23.2. The number of rotatable bonds is 6. The topological polar surface area (TPSA) is 99.8 Å². The molecular weight excluding hydrogens is 414 g/mol. The minimum atomic E-state index is -0.0631. The second-order valence-electron chi connectivity index (χ2n) is 9.37. The molecule has 1 aromatic carbocycles. The lowest BCUT2D eigenvalue weighted by molar-refractivity contribution is 0.433. The van der Waals surface area contributed by atoms with Crippen molar-refractivity contribution in [1.29, 1.82) is 0 Å². The first-order valence-electron chi connectivity index (χ1n) is 11.2. The van der Waals surface area contributed by atoms with Crippen molar-refractivity contribution >= 4 is 0 Å². The number of benzene rings is 1. The van der Waals surface area contributed by atoms with Crippen molar-refractivity contribution in [2.75, 3.05) is 0 Å². The minimum Gasteiger partial charge on any atom is -0.354 e. The van der Waals surface area contributed by atoms with Gasteiger partial charge in [0.15, 0.2) is 5.76 Å². The Morgan fingerprint density at radius 3 is 2.73 bits per heavy atom. The number of nitrogens with two attached hydrogens (primary N) is 1. The molecule has 0 aliphatic heterocycles. The molecule has 4 aromatic rings. The molecule has 3 heterocycles. The van der Waals surface area contributed by atoms with E-state index in [-0.39, 0.29) is 17.0 Å². The predicted molar refractivity (Wildman–Crippen MR) is 127 cm³/mol. The third-order valence-corrected chi connectivity index (χ3v) is 6.34. The average molecular weight is 442 g/mol. The van der Waals surface area contributed by atoms with E-state index in [9.17, 15) is 4.79 Å². The van der Waals surface area contributed by atoms with Gasteiger partial charge >= 0.3 is 0 Å². The molecule has 1 unspecified atom stereocenters. The molecule has 5 rings (SSSR count). The first-order valence-corrected chi connectivity index (χ1v) is 11.2. The molecule has 168 valence electrons. The highest BCUT2D eigenvalue weighted by Crippen LogP contribution is 2.46. The number of nitrogens with zero attached hydrogens (tertiary/aromatic N) is 4. The van der Waals surface area contributed by atoms with E-state index in [1.807, 2.05) is 50.4 Å². The summed E-state index contributed by atoms with van der Waals surface area (Å²) in [4.78, 5) is 21.7. The third kappa shape index (κ3) is 4.36. The van der Waals surface area contributed by atoms with Crippen LogP contribution in [0.15, 0.2) is 64.2 Å². The lowest BCUT2D eigenvalue weighted by Gasteiger charge is -2.12. The van der Waals surface area contributed by atoms with Gasteiger partial charge in [-0.05, 0) is 49.8 Å². The van der Waals surface area contributed by atoms with Crippen LogP contribution >= 0.6 is 0 Å². The standard InChI is InChI=1S/C26H27N5O2/c1-16(27)18-5-4-6-19(11-18)21-12-23(33-30-21)25-17(2)28-13-22(29-25)20-7-8-24(32)31(14-20)15-26(3)9-10-26/h4-8,11-14,16H,9-10,15,27H2,1-3H3. The molecule has 33 heavy (non-hydrogen) atoms. The highest BCUT2D eigenvalue weighted by atomic mass is 16.5. The summed E-state index contributed by atoms with van der Waals surface area (Å²) in [7, 11) is 0. The number of aromatic nitrogens is 4. The SMILES string of the molecule is Cc1ncc(-c2ccc(=O)n(CC3(C)CC3)c2)nc1-c1cc(-c2cccc(C(C)N)c2)no1. The maximum Gasteiger partial charge on any atom is 0.250 e. The van der Waals surface area contributed by atoms with E-state index in [2.05, 4.69) is 17.1 Å². The van der Waals surface area contributed by atoms with E-state index in [4.69, 9.17) is 15.2 Å². The molecule has 7 heteroatoms. The molecule has 2 N–H and O–H groups in total. The van der Waals surface area contributed by atoms with Crippen LogP contribution in [0.2, 0.25) is 0 Å². The Morgan fingerprint density at radius 2 is 1.97 bits per heavy atom. The Balaban J connectivity index is 1.49. The van der Waals surface area contributed by atoms with E-state index in [1.165, 1.54) is 0 Å². The lowest BCUT2D eigenvalue weighted by Crippen LogP contribution is -2.22. The molecule has 0 amide bonds. The van der Waals surface area contributed by atoms with Crippen molar-refractivity contribution < 1.29 is 4.52 Å². The predicted octanol–water partition coefficient (Wildman–Crippen LogP) is 4.76. The van der Waals surface area contributed by atoms with Crippen molar-refractivity contribution in [1.82, 2.24) is 19.7 Å². The average Bonchev–Trinajstić information content (AvgIpc) is 3.32. The van der Waals surface area contributed by atoms with Crippen LogP contribution in [0.3, 0.4) is 0 Å². The smallest absolute Gasteiger partial charge is 0.250 e. The number of aryl methyl sites for hydroxylation is 1. The summed E-state index contributed by atoms with van der Waals surface area (Å²) in [6.45, 7) is 6.77. The Morgan fingerprint density at radius 1 is 1.15 bits per heavy atom. The quantitative estimate of drug-likeness (QED) is 0.463. The Kier molecular flexibility index (Phi) is 5.21. The summed E-state index contributed by atoms with van der Waals surface area (Å²) in [6, 6.07) is 13.2. The van der Waals surface area contributed by atoms with Crippen LogP contribution < -0.4 is 11.3 Å². The number of pyridine rings is 1. The van der Waals surface area contributed by atoms with E-state index in [1.54, 1.807) is 22.9 Å². The summed E-state index contributed by atoms with van der Waals surface area (Å²) in [5, 5.41) is 4.25. The molecule has 1 aliphatic rings. The van der Waals surface area contributed by atoms with E-state index >= 15 is 0 Å². The van der Waals surface area contributed by atoms with Crippen LogP contribution in [-0.4, -0.2) is 19.7 Å². The Labute approximate surface area is 192 Å². The molecule has 0 bridgehead atoms. The van der Waals surface area contributed by atoms with Gasteiger partial charge in [-0.25, -0.2) is 4.98 Å². The van der Waals surface area contributed by atoms with E-state index < -0.39 is 0 Å². The fourth-order valence-corrected chi connectivity index (χ4v) is 3.92. The van der Waals surface area contributed by atoms with Gasteiger partial charge in [-0.15, -0.1) is 0 Å². The molecule has 0 saturated heterocycles. The van der Waals surface area contributed by atoms with Gasteiger partial charge < -0.3 is 14.8 Å². The molecule has 1 fully saturated rings. The summed E-state index contributed by atoms with van der Waals surface area (Å²) in [5.41, 5.74) is 11.8.